The van der Waals surface area contributed by atoms with Gasteiger partial charge in [-0.1, -0.05) is 24.3 Å². The van der Waals surface area contributed by atoms with E-state index in [0.717, 1.165) is 18.7 Å². The molecule has 108 valence electrons. The number of benzene rings is 1. The normalized spacial score (nSPS) is 15.8. The molecule has 0 aliphatic carbocycles. The lowest BCUT2D eigenvalue weighted by Gasteiger charge is -2.26. The Balaban J connectivity index is 2.10. The first-order valence-corrected chi connectivity index (χ1v) is 6.88. The van der Waals surface area contributed by atoms with Crippen molar-refractivity contribution in [3.63, 3.8) is 0 Å². The van der Waals surface area contributed by atoms with Gasteiger partial charge in [-0.25, -0.2) is 0 Å². The number of ether oxygens (including phenoxy) is 2. The monoisotopic (exact) mass is 275 g/mol. The van der Waals surface area contributed by atoms with E-state index in [0.29, 0.717) is 37.7 Å². The Labute approximate surface area is 120 Å². The number of morpholine rings is 1. The van der Waals surface area contributed by atoms with Crippen molar-refractivity contribution in [1.82, 2.24) is 4.90 Å². The third-order valence-electron chi connectivity index (χ3n) is 3.26. The van der Waals surface area contributed by atoms with Gasteiger partial charge in [-0.2, -0.15) is 0 Å². The quantitative estimate of drug-likeness (QED) is 0.588. The highest BCUT2D eigenvalue weighted by molar-refractivity contribution is 6.00. The molecular formula is C16H21NO3. The number of hydrogen-bond acceptors (Lipinski definition) is 4. The van der Waals surface area contributed by atoms with Crippen molar-refractivity contribution in [3.05, 3.63) is 42.0 Å². The predicted octanol–water partition coefficient (Wildman–Crippen LogP) is 2.07. The summed E-state index contributed by atoms with van der Waals surface area (Å²) < 4.78 is 10.9. The van der Waals surface area contributed by atoms with Gasteiger partial charge < -0.3 is 9.47 Å². The van der Waals surface area contributed by atoms with E-state index in [-0.39, 0.29) is 5.78 Å². The maximum atomic E-state index is 12.5. The molecule has 0 aromatic heterocycles. The highest BCUT2D eigenvalue weighted by Gasteiger charge is 2.18. The molecule has 0 amide bonds. The summed E-state index contributed by atoms with van der Waals surface area (Å²) in [5.41, 5.74) is 1.71. The zero-order valence-corrected chi connectivity index (χ0v) is 11.9. The Hall–Kier alpha value is -1.65. The minimum absolute atomic E-state index is 0.0923. The molecule has 1 aromatic carbocycles. The minimum atomic E-state index is 0.0923. The standard InChI is InChI=1S/C16H21NO3/c1-3-8-20-16-5-4-13(2)11-14(16)15(18)12-17-6-9-19-10-7-17/h3-5,11H,1,6-10,12H2,2H3. The van der Waals surface area contributed by atoms with Gasteiger partial charge in [0.05, 0.1) is 25.3 Å². The minimum Gasteiger partial charge on any atom is -0.489 e. The third kappa shape index (κ3) is 3.92. The van der Waals surface area contributed by atoms with Gasteiger partial charge in [0.1, 0.15) is 12.4 Å². The molecule has 0 atom stereocenters. The van der Waals surface area contributed by atoms with Crippen LogP contribution in [0.15, 0.2) is 30.9 Å². The third-order valence-corrected chi connectivity index (χ3v) is 3.26. The summed E-state index contributed by atoms with van der Waals surface area (Å²) in [7, 11) is 0. The second-order valence-electron chi connectivity index (χ2n) is 4.91. The van der Waals surface area contributed by atoms with Crippen LogP contribution >= 0.6 is 0 Å². The number of carbonyl (C=O) groups is 1. The van der Waals surface area contributed by atoms with Crippen molar-refractivity contribution < 1.29 is 14.3 Å². The van der Waals surface area contributed by atoms with Crippen LogP contribution in [0.5, 0.6) is 5.75 Å². The second kappa shape index (κ2) is 7.22. The Bertz CT molecular complexity index is 479. The first-order chi connectivity index (χ1) is 9.70. The van der Waals surface area contributed by atoms with Gasteiger partial charge in [0.25, 0.3) is 0 Å². The van der Waals surface area contributed by atoms with Gasteiger partial charge >= 0.3 is 0 Å². The molecule has 1 heterocycles. The number of ketones is 1. The largest absolute Gasteiger partial charge is 0.489 e. The SMILES string of the molecule is C=CCOc1ccc(C)cc1C(=O)CN1CCOCC1. The fraction of sp³-hybridized carbons (Fsp3) is 0.438. The van der Waals surface area contributed by atoms with Crippen LogP contribution in [0.1, 0.15) is 15.9 Å². The van der Waals surface area contributed by atoms with E-state index in [1.165, 1.54) is 0 Å². The Morgan fingerprint density at radius 1 is 1.45 bits per heavy atom. The molecule has 0 unspecified atom stereocenters. The van der Waals surface area contributed by atoms with E-state index < -0.39 is 0 Å². The van der Waals surface area contributed by atoms with Crippen LogP contribution in [0, 0.1) is 6.92 Å². The van der Waals surface area contributed by atoms with Crippen molar-refractivity contribution in [2.75, 3.05) is 39.5 Å². The zero-order chi connectivity index (χ0) is 14.4. The number of aryl methyl sites for hydroxylation is 1. The predicted molar refractivity (Wildman–Crippen MR) is 78.5 cm³/mol. The van der Waals surface area contributed by atoms with Crippen LogP contribution in [0.3, 0.4) is 0 Å². The molecule has 1 aliphatic rings. The van der Waals surface area contributed by atoms with E-state index in [1.807, 2.05) is 25.1 Å². The molecule has 4 heteroatoms. The first-order valence-electron chi connectivity index (χ1n) is 6.88. The van der Waals surface area contributed by atoms with Gasteiger partial charge in [-0.15, -0.1) is 0 Å². The molecule has 1 aliphatic heterocycles. The zero-order valence-electron chi connectivity index (χ0n) is 11.9. The number of rotatable bonds is 6. The fourth-order valence-corrected chi connectivity index (χ4v) is 2.18. The second-order valence-corrected chi connectivity index (χ2v) is 4.91. The van der Waals surface area contributed by atoms with Gasteiger partial charge in [0.2, 0.25) is 0 Å². The summed E-state index contributed by atoms with van der Waals surface area (Å²) in [6, 6.07) is 5.69. The van der Waals surface area contributed by atoms with Gasteiger partial charge in [-0.3, -0.25) is 9.69 Å². The van der Waals surface area contributed by atoms with E-state index in [9.17, 15) is 4.79 Å². The molecule has 0 bridgehead atoms. The molecular weight excluding hydrogens is 254 g/mol. The lowest BCUT2D eigenvalue weighted by molar-refractivity contribution is 0.0370. The van der Waals surface area contributed by atoms with Gasteiger partial charge in [0.15, 0.2) is 5.78 Å². The Morgan fingerprint density at radius 3 is 2.90 bits per heavy atom. The summed E-state index contributed by atoms with van der Waals surface area (Å²) in [5.74, 6) is 0.725. The number of Topliss-reactive ketones (excluding diaryl/α,β-unsaturated/α-hetero) is 1. The highest BCUT2D eigenvalue weighted by Crippen LogP contribution is 2.21. The maximum absolute atomic E-state index is 12.5. The van der Waals surface area contributed by atoms with E-state index in [2.05, 4.69) is 11.5 Å². The summed E-state index contributed by atoms with van der Waals surface area (Å²) in [5, 5.41) is 0. The van der Waals surface area contributed by atoms with Gasteiger partial charge in [-0.05, 0) is 19.1 Å². The first kappa shape index (κ1) is 14.8. The average Bonchev–Trinajstić information content (AvgIpc) is 2.47. The molecule has 1 saturated heterocycles. The van der Waals surface area contributed by atoms with Crippen molar-refractivity contribution in [1.29, 1.82) is 0 Å². The van der Waals surface area contributed by atoms with E-state index in [4.69, 9.17) is 9.47 Å². The van der Waals surface area contributed by atoms with Gasteiger partial charge in [0, 0.05) is 13.1 Å². The molecule has 20 heavy (non-hydrogen) atoms. The van der Waals surface area contributed by atoms with Crippen LogP contribution in [0.2, 0.25) is 0 Å². The van der Waals surface area contributed by atoms with Crippen LogP contribution in [0.4, 0.5) is 0 Å². The summed E-state index contributed by atoms with van der Waals surface area (Å²) in [6.07, 6.45) is 1.68. The summed E-state index contributed by atoms with van der Waals surface area (Å²) >= 11 is 0. The average molecular weight is 275 g/mol. The topological polar surface area (TPSA) is 38.8 Å². The lowest BCUT2D eigenvalue weighted by Crippen LogP contribution is -2.39. The molecule has 0 spiro atoms. The molecule has 1 fully saturated rings. The number of carbonyl (C=O) groups excluding carboxylic acids is 1. The maximum Gasteiger partial charge on any atom is 0.180 e. The fourth-order valence-electron chi connectivity index (χ4n) is 2.18. The number of nitrogens with zero attached hydrogens (tertiary/aromatic N) is 1. The van der Waals surface area contributed by atoms with Crippen LogP contribution in [-0.4, -0.2) is 50.1 Å². The van der Waals surface area contributed by atoms with Crippen molar-refractivity contribution in [3.8, 4) is 5.75 Å². The van der Waals surface area contributed by atoms with Crippen LogP contribution < -0.4 is 4.74 Å². The molecule has 4 nitrogen and oxygen atoms in total. The van der Waals surface area contributed by atoms with E-state index >= 15 is 0 Å². The van der Waals surface area contributed by atoms with E-state index in [1.54, 1.807) is 6.08 Å². The molecule has 0 saturated carbocycles. The lowest BCUT2D eigenvalue weighted by atomic mass is 10.1. The Kier molecular flexibility index (Phi) is 5.32. The molecule has 0 N–H and O–H groups in total. The molecule has 1 aromatic rings. The smallest absolute Gasteiger partial charge is 0.180 e. The molecule has 2 rings (SSSR count). The highest BCUT2D eigenvalue weighted by atomic mass is 16.5. The Morgan fingerprint density at radius 2 is 2.20 bits per heavy atom. The van der Waals surface area contributed by atoms with Crippen molar-refractivity contribution in [2.24, 2.45) is 0 Å². The van der Waals surface area contributed by atoms with Crippen molar-refractivity contribution >= 4 is 5.78 Å². The molecule has 0 radical (unpaired) electrons. The van der Waals surface area contributed by atoms with Crippen molar-refractivity contribution in [2.45, 2.75) is 6.92 Å². The number of hydrogen-bond donors (Lipinski definition) is 0. The summed E-state index contributed by atoms with van der Waals surface area (Å²) in [4.78, 5) is 14.6. The van der Waals surface area contributed by atoms with Crippen LogP contribution in [-0.2, 0) is 4.74 Å². The van der Waals surface area contributed by atoms with Crippen LogP contribution in [0.25, 0.3) is 0 Å². The summed E-state index contributed by atoms with van der Waals surface area (Å²) in [6.45, 7) is 9.42.